The number of anilines is 1. The number of rotatable bonds is 3. The lowest BCUT2D eigenvalue weighted by Gasteiger charge is -2.39. The van der Waals surface area contributed by atoms with E-state index >= 15 is 0 Å². The minimum atomic E-state index is -0.448. The Morgan fingerprint density at radius 3 is 3.27 bits per heavy atom. The number of ether oxygens (including phenoxy) is 2. The number of fused-ring (bicyclic) bond motifs is 2. The fraction of sp³-hybridized carbons (Fsp3) is 0.500. The van der Waals surface area contributed by atoms with Crippen LogP contribution in [0.25, 0.3) is 10.2 Å². The summed E-state index contributed by atoms with van der Waals surface area (Å²) in [6.07, 6.45) is 1.30. The Hall–Kier alpha value is -1.93. The Bertz CT molecular complexity index is 734. The number of hydrogen-bond donors (Lipinski definition) is 1. The van der Waals surface area contributed by atoms with Gasteiger partial charge in [-0.15, -0.1) is 11.3 Å². The number of aromatic nitrogens is 2. The molecule has 0 aliphatic carbocycles. The molecule has 1 N–H and O–H groups in total. The summed E-state index contributed by atoms with van der Waals surface area (Å²) in [5.74, 6) is 0.794. The van der Waals surface area contributed by atoms with E-state index in [1.165, 1.54) is 0 Å². The Kier molecular flexibility index (Phi) is 3.16. The Morgan fingerprint density at radius 2 is 2.36 bits per heavy atom. The van der Waals surface area contributed by atoms with E-state index in [1.54, 1.807) is 22.6 Å². The molecule has 7 nitrogen and oxygen atoms in total. The molecule has 0 aromatic carbocycles. The predicted octanol–water partition coefficient (Wildman–Crippen LogP) is 1.63. The molecule has 2 aromatic heterocycles. The monoisotopic (exact) mass is 320 g/mol. The second-order valence-electron chi connectivity index (χ2n) is 5.66. The third kappa shape index (κ3) is 2.02. The van der Waals surface area contributed by atoms with Gasteiger partial charge in [0.25, 0.3) is 0 Å². The van der Waals surface area contributed by atoms with Gasteiger partial charge < -0.3 is 14.8 Å². The van der Waals surface area contributed by atoms with Crippen molar-refractivity contribution in [3.05, 3.63) is 17.3 Å². The van der Waals surface area contributed by atoms with Crippen LogP contribution in [-0.2, 0) is 9.47 Å². The maximum atomic E-state index is 11.8. The lowest BCUT2D eigenvalue weighted by molar-refractivity contribution is -0.0208. The first-order valence-corrected chi connectivity index (χ1v) is 8.02. The van der Waals surface area contributed by atoms with Crippen molar-refractivity contribution in [2.45, 2.75) is 12.5 Å². The van der Waals surface area contributed by atoms with Gasteiger partial charge in [-0.2, -0.15) is 0 Å². The predicted molar refractivity (Wildman–Crippen MR) is 82.2 cm³/mol. The summed E-state index contributed by atoms with van der Waals surface area (Å²) < 4.78 is 10.8. The van der Waals surface area contributed by atoms with Crippen LogP contribution in [0.2, 0.25) is 0 Å². The van der Waals surface area contributed by atoms with Crippen LogP contribution in [0.1, 0.15) is 5.56 Å². The summed E-state index contributed by atoms with van der Waals surface area (Å²) in [5, 5.41) is 6.48. The van der Waals surface area contributed by atoms with Crippen LogP contribution in [0.4, 0.5) is 10.6 Å². The van der Waals surface area contributed by atoms with E-state index in [1.807, 2.05) is 6.92 Å². The number of carbonyl (C=O) groups is 1. The summed E-state index contributed by atoms with van der Waals surface area (Å²) in [4.78, 5) is 23.2. The summed E-state index contributed by atoms with van der Waals surface area (Å²) in [6.45, 7) is 4.53. The summed E-state index contributed by atoms with van der Waals surface area (Å²) in [7, 11) is 0. The smallest absolute Gasteiger partial charge is 0.410 e. The first-order valence-electron chi connectivity index (χ1n) is 7.14. The highest BCUT2D eigenvalue weighted by Gasteiger charge is 2.49. The summed E-state index contributed by atoms with van der Waals surface area (Å²) in [6, 6.07) is 0. The topological polar surface area (TPSA) is 76.6 Å². The first-order chi connectivity index (χ1) is 10.7. The molecule has 116 valence electrons. The van der Waals surface area contributed by atoms with Gasteiger partial charge in [0.1, 0.15) is 29.1 Å². The van der Waals surface area contributed by atoms with Crippen molar-refractivity contribution in [2.75, 3.05) is 38.2 Å². The molecule has 2 aromatic rings. The van der Waals surface area contributed by atoms with Crippen LogP contribution in [0.15, 0.2) is 11.7 Å². The molecule has 8 heteroatoms. The molecule has 1 amide bonds. The highest BCUT2D eigenvalue weighted by Crippen LogP contribution is 2.31. The molecule has 0 bridgehead atoms. The number of amides is 1. The molecule has 2 fully saturated rings. The number of carbonyl (C=O) groups excluding carboxylic acids is 1. The van der Waals surface area contributed by atoms with Gasteiger partial charge in [-0.3, -0.25) is 4.90 Å². The van der Waals surface area contributed by atoms with Gasteiger partial charge in [-0.1, -0.05) is 0 Å². The van der Waals surface area contributed by atoms with E-state index in [9.17, 15) is 4.79 Å². The van der Waals surface area contributed by atoms with Gasteiger partial charge in [0.05, 0.1) is 18.6 Å². The molecule has 2 saturated heterocycles. The first kappa shape index (κ1) is 13.7. The Labute approximate surface area is 131 Å². The Balaban J connectivity index is 1.61. The average molecular weight is 320 g/mol. The van der Waals surface area contributed by atoms with Crippen molar-refractivity contribution in [2.24, 2.45) is 0 Å². The Morgan fingerprint density at radius 1 is 1.45 bits per heavy atom. The van der Waals surface area contributed by atoms with Crippen molar-refractivity contribution in [1.29, 1.82) is 0 Å². The minimum Gasteiger partial charge on any atom is -0.447 e. The number of morpholine rings is 1. The van der Waals surface area contributed by atoms with Crippen molar-refractivity contribution in [3.8, 4) is 0 Å². The van der Waals surface area contributed by atoms with Crippen LogP contribution >= 0.6 is 11.3 Å². The van der Waals surface area contributed by atoms with Crippen LogP contribution in [-0.4, -0.2) is 59.4 Å². The quantitative estimate of drug-likeness (QED) is 0.926. The molecule has 4 rings (SSSR count). The van der Waals surface area contributed by atoms with E-state index in [0.717, 1.165) is 21.6 Å². The van der Waals surface area contributed by atoms with Crippen molar-refractivity contribution >= 4 is 33.5 Å². The number of aryl methyl sites for hydroxylation is 1. The molecule has 0 saturated carbocycles. The largest absolute Gasteiger partial charge is 0.447 e. The van der Waals surface area contributed by atoms with Crippen molar-refractivity contribution in [1.82, 2.24) is 14.9 Å². The fourth-order valence-electron chi connectivity index (χ4n) is 3.01. The molecule has 22 heavy (non-hydrogen) atoms. The van der Waals surface area contributed by atoms with E-state index in [0.29, 0.717) is 32.9 Å². The summed E-state index contributed by atoms with van der Waals surface area (Å²) in [5.41, 5.74) is 0.701. The maximum Gasteiger partial charge on any atom is 0.410 e. The van der Waals surface area contributed by atoms with Crippen LogP contribution in [0.3, 0.4) is 0 Å². The third-order valence-corrected chi connectivity index (χ3v) is 5.23. The van der Waals surface area contributed by atoms with Gasteiger partial charge in [0, 0.05) is 13.1 Å². The zero-order valence-corrected chi connectivity index (χ0v) is 13.0. The summed E-state index contributed by atoms with van der Waals surface area (Å²) >= 11 is 1.60. The molecule has 2 aliphatic heterocycles. The molecule has 2 aliphatic rings. The lowest BCUT2D eigenvalue weighted by atomic mass is 9.99. The van der Waals surface area contributed by atoms with Gasteiger partial charge in [-0.05, 0) is 17.9 Å². The maximum absolute atomic E-state index is 11.8. The van der Waals surface area contributed by atoms with E-state index < -0.39 is 5.54 Å². The van der Waals surface area contributed by atoms with Gasteiger partial charge in [0.2, 0.25) is 0 Å². The van der Waals surface area contributed by atoms with Crippen molar-refractivity contribution in [3.63, 3.8) is 0 Å². The highest BCUT2D eigenvalue weighted by molar-refractivity contribution is 7.17. The second-order valence-corrected chi connectivity index (χ2v) is 6.52. The standard InChI is InChI=1S/C14H16N4O3S/c1-9-4-22-12-10(9)11(16-8-17-12)15-5-14-6-20-3-2-18(14)13(19)21-7-14/h4,8H,2-3,5-7H2,1H3,(H,15,16,17). The number of nitrogens with one attached hydrogen (secondary N) is 1. The van der Waals surface area contributed by atoms with E-state index in [2.05, 4.69) is 20.7 Å². The molecule has 0 radical (unpaired) electrons. The lowest BCUT2D eigenvalue weighted by Crippen LogP contribution is -2.59. The molecule has 1 atom stereocenters. The zero-order chi connectivity index (χ0) is 15.2. The number of hydrogen-bond acceptors (Lipinski definition) is 7. The van der Waals surface area contributed by atoms with E-state index in [-0.39, 0.29) is 6.09 Å². The highest BCUT2D eigenvalue weighted by atomic mass is 32.1. The SMILES string of the molecule is Cc1csc2ncnc(NCC34COCCN3C(=O)OC4)c12. The van der Waals surface area contributed by atoms with Gasteiger partial charge in [-0.25, -0.2) is 14.8 Å². The average Bonchev–Trinajstić information content (AvgIpc) is 3.08. The zero-order valence-electron chi connectivity index (χ0n) is 12.2. The van der Waals surface area contributed by atoms with Crippen LogP contribution in [0, 0.1) is 6.92 Å². The van der Waals surface area contributed by atoms with Crippen LogP contribution < -0.4 is 5.32 Å². The van der Waals surface area contributed by atoms with Gasteiger partial charge >= 0.3 is 6.09 Å². The molecule has 4 heterocycles. The second kappa shape index (κ2) is 5.06. The number of thiophene rings is 1. The number of cyclic esters (lactones) is 1. The minimum absolute atomic E-state index is 0.260. The number of nitrogens with zero attached hydrogens (tertiary/aromatic N) is 3. The van der Waals surface area contributed by atoms with Crippen molar-refractivity contribution < 1.29 is 14.3 Å². The molecule has 0 spiro atoms. The molecular formula is C14H16N4O3S. The fourth-order valence-corrected chi connectivity index (χ4v) is 3.90. The van der Waals surface area contributed by atoms with Crippen LogP contribution in [0.5, 0.6) is 0 Å². The molecular weight excluding hydrogens is 304 g/mol. The van der Waals surface area contributed by atoms with Gasteiger partial charge in [0.15, 0.2) is 0 Å². The molecule has 1 unspecified atom stereocenters. The normalized spacial score (nSPS) is 24.4. The third-order valence-electron chi connectivity index (χ3n) is 4.23. The van der Waals surface area contributed by atoms with E-state index in [4.69, 9.17) is 9.47 Å².